The molecular formula is C27H27N7O. The molecule has 5 aromatic rings. The van der Waals surface area contributed by atoms with Crippen LogP contribution in [-0.4, -0.2) is 46.8 Å². The predicted molar refractivity (Wildman–Crippen MR) is 136 cm³/mol. The molecule has 0 radical (unpaired) electrons. The van der Waals surface area contributed by atoms with Crippen LogP contribution in [0.3, 0.4) is 0 Å². The van der Waals surface area contributed by atoms with E-state index in [1.165, 1.54) is 12.8 Å². The molecule has 6 rings (SSSR count). The molecule has 1 aliphatic rings. The summed E-state index contributed by atoms with van der Waals surface area (Å²) in [5, 5.41) is 18.5. The zero-order valence-corrected chi connectivity index (χ0v) is 19.7. The molecule has 3 N–H and O–H groups in total. The van der Waals surface area contributed by atoms with Gasteiger partial charge < -0.3 is 15.4 Å². The molecule has 1 saturated carbocycles. The van der Waals surface area contributed by atoms with Crippen molar-refractivity contribution >= 4 is 11.3 Å². The maximum absolute atomic E-state index is 10.3. The van der Waals surface area contributed by atoms with Crippen LogP contribution < -0.4 is 5.32 Å². The molecule has 176 valence electrons. The molecule has 4 heterocycles. The third-order valence-corrected chi connectivity index (χ3v) is 6.21. The number of H-pyrrole nitrogens is 1. The first-order chi connectivity index (χ1) is 16.9. The van der Waals surface area contributed by atoms with Crippen LogP contribution in [0.15, 0.2) is 67.3 Å². The van der Waals surface area contributed by atoms with Gasteiger partial charge in [0.25, 0.3) is 0 Å². The zero-order valence-electron chi connectivity index (χ0n) is 19.7. The van der Waals surface area contributed by atoms with Gasteiger partial charge in [-0.3, -0.25) is 4.98 Å². The second kappa shape index (κ2) is 8.32. The fraction of sp³-hybridized carbons (Fsp3) is 0.259. The molecule has 8 nitrogen and oxygen atoms in total. The Labute approximate surface area is 203 Å². The summed E-state index contributed by atoms with van der Waals surface area (Å²) in [7, 11) is 0. The lowest BCUT2D eigenvalue weighted by molar-refractivity contribution is 0.0945. The third kappa shape index (κ3) is 4.40. The van der Waals surface area contributed by atoms with Crippen LogP contribution in [0.5, 0.6) is 0 Å². The minimum absolute atomic E-state index is 0.381. The van der Waals surface area contributed by atoms with Crippen molar-refractivity contribution in [2.75, 3.05) is 11.9 Å². The summed E-state index contributed by atoms with van der Waals surface area (Å²) in [6.07, 6.45) is 9.71. The van der Waals surface area contributed by atoms with E-state index in [2.05, 4.69) is 49.5 Å². The van der Waals surface area contributed by atoms with Crippen LogP contribution in [0.4, 0.5) is 5.69 Å². The average molecular weight is 466 g/mol. The standard InChI is InChI=1S/C27H27N7O/c1-27(2,35)16-31-22-13-21(18-9-11-28-12-10-18)33-34-24(15-30-26(22)34)19-5-3-17(4-6-19)23-14-29-25(32-23)20-7-8-20/h3-6,9-15,20,31,35H,7-8,16H2,1-2H3,(H,29,32). The topological polar surface area (TPSA) is 104 Å². The van der Waals surface area contributed by atoms with Crippen molar-refractivity contribution in [1.29, 1.82) is 0 Å². The molecule has 1 fully saturated rings. The summed E-state index contributed by atoms with van der Waals surface area (Å²) < 4.78 is 1.86. The summed E-state index contributed by atoms with van der Waals surface area (Å²) in [5.74, 6) is 1.69. The van der Waals surface area contributed by atoms with Crippen molar-refractivity contribution in [3.8, 4) is 33.8 Å². The molecule has 1 aliphatic carbocycles. The number of aromatic amines is 1. The second-order valence-corrected chi connectivity index (χ2v) is 9.76. The van der Waals surface area contributed by atoms with Gasteiger partial charge >= 0.3 is 0 Å². The molecule has 4 aromatic heterocycles. The van der Waals surface area contributed by atoms with Gasteiger partial charge in [0.1, 0.15) is 5.82 Å². The summed E-state index contributed by atoms with van der Waals surface area (Å²) in [6, 6.07) is 14.2. The Balaban J connectivity index is 1.39. The SMILES string of the molecule is CC(C)(O)CNc1cc(-c2ccncc2)nn2c(-c3ccc(-c4cnc(C5CC5)[nH]4)cc3)cnc12. The number of nitrogens with zero attached hydrogens (tertiary/aromatic N) is 5. The van der Waals surface area contributed by atoms with Crippen LogP contribution in [0.1, 0.15) is 38.4 Å². The monoisotopic (exact) mass is 465 g/mol. The molecule has 0 spiro atoms. The Morgan fingerprint density at radius 3 is 2.46 bits per heavy atom. The Morgan fingerprint density at radius 2 is 1.74 bits per heavy atom. The summed E-state index contributed by atoms with van der Waals surface area (Å²) in [4.78, 5) is 16.8. The highest BCUT2D eigenvalue weighted by molar-refractivity contribution is 5.77. The molecule has 8 heteroatoms. The number of hydrogen-bond donors (Lipinski definition) is 3. The van der Waals surface area contributed by atoms with Gasteiger partial charge in [-0.1, -0.05) is 24.3 Å². The van der Waals surface area contributed by atoms with Gasteiger partial charge in [-0.15, -0.1) is 0 Å². The Bertz CT molecular complexity index is 1480. The van der Waals surface area contributed by atoms with Crippen LogP contribution in [-0.2, 0) is 0 Å². The molecular weight excluding hydrogens is 438 g/mol. The van der Waals surface area contributed by atoms with Gasteiger partial charge in [0.05, 0.1) is 40.8 Å². The minimum atomic E-state index is -0.867. The Kier molecular flexibility index (Phi) is 5.11. The minimum Gasteiger partial charge on any atom is -0.389 e. The number of benzene rings is 1. The molecule has 0 unspecified atom stereocenters. The van der Waals surface area contributed by atoms with Crippen LogP contribution in [0, 0.1) is 0 Å². The van der Waals surface area contributed by atoms with Gasteiger partial charge in [0, 0.05) is 36.0 Å². The maximum Gasteiger partial charge on any atom is 0.177 e. The lowest BCUT2D eigenvalue weighted by Crippen LogP contribution is -2.29. The van der Waals surface area contributed by atoms with E-state index in [4.69, 9.17) is 5.10 Å². The highest BCUT2D eigenvalue weighted by Gasteiger charge is 2.26. The van der Waals surface area contributed by atoms with Crippen LogP contribution in [0.2, 0.25) is 0 Å². The first-order valence-corrected chi connectivity index (χ1v) is 11.9. The normalized spacial score (nSPS) is 13.9. The molecule has 1 aromatic carbocycles. The third-order valence-electron chi connectivity index (χ3n) is 6.21. The first kappa shape index (κ1) is 21.5. The summed E-state index contributed by atoms with van der Waals surface area (Å²) in [6.45, 7) is 3.92. The van der Waals surface area contributed by atoms with E-state index in [0.717, 1.165) is 45.3 Å². The number of nitrogens with one attached hydrogen (secondary N) is 2. The number of anilines is 1. The predicted octanol–water partition coefficient (Wildman–Crippen LogP) is 4.91. The van der Waals surface area contributed by atoms with Crippen molar-refractivity contribution in [2.45, 2.75) is 38.2 Å². The number of aliphatic hydroxyl groups is 1. The lowest BCUT2D eigenvalue weighted by atomic mass is 10.1. The van der Waals surface area contributed by atoms with E-state index in [0.29, 0.717) is 18.1 Å². The second-order valence-electron chi connectivity index (χ2n) is 9.76. The number of imidazole rings is 2. The fourth-order valence-electron chi connectivity index (χ4n) is 4.14. The summed E-state index contributed by atoms with van der Waals surface area (Å²) >= 11 is 0. The van der Waals surface area contributed by atoms with E-state index < -0.39 is 5.60 Å². The largest absolute Gasteiger partial charge is 0.389 e. The van der Waals surface area contributed by atoms with E-state index >= 15 is 0 Å². The van der Waals surface area contributed by atoms with E-state index in [-0.39, 0.29) is 0 Å². The van der Waals surface area contributed by atoms with Crippen molar-refractivity contribution < 1.29 is 5.11 Å². The molecule has 0 bridgehead atoms. The molecule has 0 amide bonds. The quantitative estimate of drug-likeness (QED) is 0.316. The Hall–Kier alpha value is -4.04. The van der Waals surface area contributed by atoms with Crippen molar-refractivity contribution in [2.24, 2.45) is 0 Å². The van der Waals surface area contributed by atoms with Gasteiger partial charge in [-0.25, -0.2) is 14.5 Å². The number of rotatable bonds is 7. The molecule has 35 heavy (non-hydrogen) atoms. The van der Waals surface area contributed by atoms with Gasteiger partial charge in [-0.05, 0) is 50.5 Å². The van der Waals surface area contributed by atoms with Crippen molar-refractivity contribution in [3.05, 3.63) is 73.1 Å². The fourth-order valence-corrected chi connectivity index (χ4v) is 4.14. The zero-order chi connectivity index (χ0) is 24.0. The Morgan fingerprint density at radius 1 is 1.00 bits per heavy atom. The highest BCUT2D eigenvalue weighted by Crippen LogP contribution is 2.39. The number of hydrogen-bond acceptors (Lipinski definition) is 6. The van der Waals surface area contributed by atoms with Gasteiger partial charge in [0.15, 0.2) is 5.65 Å². The van der Waals surface area contributed by atoms with Gasteiger partial charge in [-0.2, -0.15) is 5.10 Å². The number of pyridine rings is 1. The van der Waals surface area contributed by atoms with E-state index in [1.54, 1.807) is 26.2 Å². The molecule has 0 atom stereocenters. The summed E-state index contributed by atoms with van der Waals surface area (Å²) in [5.41, 5.74) is 6.42. The lowest BCUT2D eigenvalue weighted by Gasteiger charge is -2.19. The average Bonchev–Trinajstić information content (AvgIpc) is 3.43. The van der Waals surface area contributed by atoms with Crippen molar-refractivity contribution in [3.63, 3.8) is 0 Å². The van der Waals surface area contributed by atoms with E-state index in [9.17, 15) is 5.11 Å². The maximum atomic E-state index is 10.3. The number of aromatic nitrogens is 6. The van der Waals surface area contributed by atoms with E-state index in [1.807, 2.05) is 35.1 Å². The van der Waals surface area contributed by atoms with Crippen molar-refractivity contribution in [1.82, 2.24) is 29.5 Å². The number of fused-ring (bicyclic) bond motifs is 1. The smallest absolute Gasteiger partial charge is 0.177 e. The highest BCUT2D eigenvalue weighted by atomic mass is 16.3. The first-order valence-electron chi connectivity index (χ1n) is 11.9. The van der Waals surface area contributed by atoms with Crippen LogP contribution in [0.25, 0.3) is 39.4 Å². The molecule has 0 aliphatic heterocycles. The molecule has 0 saturated heterocycles. The van der Waals surface area contributed by atoms with Gasteiger partial charge in [0.2, 0.25) is 0 Å². The van der Waals surface area contributed by atoms with Crippen LogP contribution >= 0.6 is 0 Å².